The van der Waals surface area contributed by atoms with Gasteiger partial charge in [-0.15, -0.1) is 0 Å². The Hall–Kier alpha value is -3.49. The molecule has 9 heteroatoms. The maximum absolute atomic E-state index is 12.7. The zero-order valence-corrected chi connectivity index (χ0v) is 17.7. The topological polar surface area (TPSA) is 108 Å². The van der Waals surface area contributed by atoms with Gasteiger partial charge in [0.05, 0.1) is 22.5 Å². The average molecular weight is 411 g/mol. The number of carbonyl (C=O) groups is 2. The van der Waals surface area contributed by atoms with E-state index in [1.165, 1.54) is 4.68 Å². The minimum atomic E-state index is -0.765. The van der Waals surface area contributed by atoms with Crippen LogP contribution in [0, 0.1) is 19.8 Å². The van der Waals surface area contributed by atoms with Crippen LogP contribution in [0.4, 0.5) is 5.69 Å². The van der Waals surface area contributed by atoms with E-state index in [2.05, 4.69) is 15.5 Å². The van der Waals surface area contributed by atoms with Crippen molar-refractivity contribution in [1.82, 2.24) is 19.6 Å². The number of hydrogen-bond acceptors (Lipinski definition) is 6. The number of hydrogen-bond donors (Lipinski definition) is 1. The van der Waals surface area contributed by atoms with Gasteiger partial charge in [-0.2, -0.15) is 10.2 Å². The summed E-state index contributed by atoms with van der Waals surface area (Å²) in [6, 6.07) is 6.73. The van der Waals surface area contributed by atoms with E-state index >= 15 is 0 Å². The van der Waals surface area contributed by atoms with Crippen molar-refractivity contribution in [3.8, 4) is 0 Å². The van der Waals surface area contributed by atoms with Crippen molar-refractivity contribution >= 4 is 28.3 Å². The number of fused-ring (bicyclic) bond motifs is 1. The van der Waals surface area contributed by atoms with Crippen molar-refractivity contribution in [3.63, 3.8) is 0 Å². The first kappa shape index (κ1) is 21.2. The van der Waals surface area contributed by atoms with Crippen molar-refractivity contribution in [1.29, 1.82) is 0 Å². The molecular formula is C21H25N5O4. The van der Waals surface area contributed by atoms with Gasteiger partial charge in [0.15, 0.2) is 12.3 Å². The smallest absolute Gasteiger partial charge is 0.359 e. The van der Waals surface area contributed by atoms with Crippen LogP contribution in [-0.4, -0.2) is 38.0 Å². The van der Waals surface area contributed by atoms with Crippen LogP contribution >= 0.6 is 0 Å². The van der Waals surface area contributed by atoms with Crippen LogP contribution in [0.2, 0.25) is 0 Å². The molecule has 0 spiro atoms. The van der Waals surface area contributed by atoms with Gasteiger partial charge in [-0.3, -0.25) is 14.3 Å². The van der Waals surface area contributed by atoms with Gasteiger partial charge in [0.25, 0.3) is 11.5 Å². The molecule has 0 saturated heterocycles. The Morgan fingerprint density at radius 3 is 2.40 bits per heavy atom. The van der Waals surface area contributed by atoms with Crippen LogP contribution in [0.5, 0.6) is 0 Å². The number of nitrogens with zero attached hydrogens (tertiary/aromatic N) is 4. The monoisotopic (exact) mass is 411 g/mol. The summed E-state index contributed by atoms with van der Waals surface area (Å²) in [6.07, 6.45) is 0. The molecule has 2 heterocycles. The molecule has 30 heavy (non-hydrogen) atoms. The quantitative estimate of drug-likeness (QED) is 0.623. The molecule has 9 nitrogen and oxygen atoms in total. The fourth-order valence-corrected chi connectivity index (χ4v) is 3.18. The average Bonchev–Trinajstić information content (AvgIpc) is 2.94. The fourth-order valence-electron chi connectivity index (χ4n) is 3.18. The zero-order valence-electron chi connectivity index (χ0n) is 17.7. The predicted molar refractivity (Wildman–Crippen MR) is 112 cm³/mol. The predicted octanol–water partition coefficient (Wildman–Crippen LogP) is 2.20. The number of esters is 1. The third-order valence-corrected chi connectivity index (χ3v) is 4.71. The lowest BCUT2D eigenvalue weighted by molar-refractivity contribution is -0.119. The number of carbonyl (C=O) groups excluding carboxylic acids is 2. The Bertz CT molecular complexity index is 1180. The molecule has 0 aliphatic carbocycles. The molecule has 158 valence electrons. The summed E-state index contributed by atoms with van der Waals surface area (Å²) < 4.78 is 8.13. The van der Waals surface area contributed by atoms with Gasteiger partial charge in [0, 0.05) is 19.0 Å². The molecule has 2 aromatic heterocycles. The highest BCUT2D eigenvalue weighted by molar-refractivity contribution is 6.03. The highest BCUT2D eigenvalue weighted by atomic mass is 16.5. The summed E-state index contributed by atoms with van der Waals surface area (Å²) in [5, 5.41) is 11.9. The van der Waals surface area contributed by atoms with Crippen LogP contribution in [-0.2, 0) is 23.1 Å². The number of benzene rings is 1. The van der Waals surface area contributed by atoms with Crippen molar-refractivity contribution < 1.29 is 14.3 Å². The number of ether oxygens (including phenoxy) is 1. The largest absolute Gasteiger partial charge is 0.451 e. The maximum atomic E-state index is 12.7. The zero-order chi connectivity index (χ0) is 22.0. The Labute approximate surface area is 173 Å². The van der Waals surface area contributed by atoms with Crippen molar-refractivity contribution in [2.24, 2.45) is 13.0 Å². The van der Waals surface area contributed by atoms with E-state index < -0.39 is 18.5 Å². The van der Waals surface area contributed by atoms with E-state index in [1.807, 2.05) is 20.8 Å². The first-order valence-corrected chi connectivity index (χ1v) is 9.66. The molecule has 0 aliphatic rings. The third-order valence-electron chi connectivity index (χ3n) is 4.71. The van der Waals surface area contributed by atoms with Gasteiger partial charge in [0.1, 0.15) is 0 Å². The van der Waals surface area contributed by atoms with E-state index in [9.17, 15) is 14.4 Å². The first-order chi connectivity index (χ1) is 14.2. The number of rotatable bonds is 6. The van der Waals surface area contributed by atoms with E-state index in [0.717, 1.165) is 5.69 Å². The highest BCUT2D eigenvalue weighted by Gasteiger charge is 2.20. The van der Waals surface area contributed by atoms with Gasteiger partial charge >= 0.3 is 5.97 Å². The van der Waals surface area contributed by atoms with Crippen LogP contribution in [0.1, 0.15) is 35.7 Å². The Kier molecular flexibility index (Phi) is 6.00. The second kappa shape index (κ2) is 8.48. The summed E-state index contributed by atoms with van der Waals surface area (Å²) in [5.74, 6) is -1.09. The van der Waals surface area contributed by atoms with Gasteiger partial charge < -0.3 is 10.1 Å². The second-order valence-electron chi connectivity index (χ2n) is 7.57. The maximum Gasteiger partial charge on any atom is 0.359 e. The number of aromatic nitrogens is 4. The molecule has 0 radical (unpaired) electrons. The van der Waals surface area contributed by atoms with E-state index in [1.54, 1.807) is 42.9 Å². The minimum Gasteiger partial charge on any atom is -0.451 e. The van der Waals surface area contributed by atoms with Gasteiger partial charge in [-0.05, 0) is 25.8 Å². The van der Waals surface area contributed by atoms with Crippen LogP contribution in [0.15, 0.2) is 29.1 Å². The van der Waals surface area contributed by atoms with Crippen LogP contribution < -0.4 is 10.9 Å². The lowest BCUT2D eigenvalue weighted by Gasteiger charge is -2.12. The molecule has 1 amide bonds. The number of anilines is 1. The van der Waals surface area contributed by atoms with E-state index in [4.69, 9.17) is 4.74 Å². The van der Waals surface area contributed by atoms with E-state index in [-0.39, 0.29) is 17.2 Å². The molecule has 3 aromatic rings. The van der Waals surface area contributed by atoms with Crippen molar-refractivity contribution in [2.45, 2.75) is 34.2 Å². The van der Waals surface area contributed by atoms with Crippen LogP contribution in [0.25, 0.3) is 10.8 Å². The summed E-state index contributed by atoms with van der Waals surface area (Å²) >= 11 is 0. The second-order valence-corrected chi connectivity index (χ2v) is 7.57. The fraction of sp³-hybridized carbons (Fsp3) is 0.381. The number of aryl methyl sites for hydroxylation is 2. The molecule has 0 aliphatic heterocycles. The Morgan fingerprint density at radius 2 is 1.80 bits per heavy atom. The Balaban J connectivity index is 1.82. The summed E-state index contributed by atoms with van der Waals surface area (Å²) in [7, 11) is 1.78. The Morgan fingerprint density at radius 1 is 1.13 bits per heavy atom. The van der Waals surface area contributed by atoms with Gasteiger partial charge in [-0.25, -0.2) is 9.48 Å². The number of nitrogens with one attached hydrogen (secondary N) is 1. The summed E-state index contributed by atoms with van der Waals surface area (Å²) in [5.41, 5.74) is 1.79. The van der Waals surface area contributed by atoms with Crippen molar-refractivity contribution in [3.05, 3.63) is 51.7 Å². The van der Waals surface area contributed by atoms with Crippen LogP contribution in [0.3, 0.4) is 0 Å². The molecule has 0 saturated carbocycles. The van der Waals surface area contributed by atoms with Gasteiger partial charge in [0.2, 0.25) is 0 Å². The summed E-state index contributed by atoms with van der Waals surface area (Å²) in [4.78, 5) is 37.6. The molecule has 0 bridgehead atoms. The first-order valence-electron chi connectivity index (χ1n) is 9.66. The standard InChI is InChI=1S/C21H25N5O4/c1-12(2)10-26-20(28)16-9-7-6-8-15(16)19(24-26)21(29)30-11-17(27)22-18-13(3)23-25(5)14(18)4/h6-9,12H,10-11H2,1-5H3,(H,22,27). The number of amides is 1. The molecule has 0 atom stereocenters. The lowest BCUT2D eigenvalue weighted by atomic mass is 10.1. The molecule has 1 aromatic carbocycles. The molecular weight excluding hydrogens is 386 g/mol. The van der Waals surface area contributed by atoms with E-state index in [0.29, 0.717) is 28.7 Å². The third kappa shape index (κ3) is 4.24. The highest BCUT2D eigenvalue weighted by Crippen LogP contribution is 2.18. The van der Waals surface area contributed by atoms with Crippen molar-refractivity contribution in [2.75, 3.05) is 11.9 Å². The van der Waals surface area contributed by atoms with Gasteiger partial charge in [-0.1, -0.05) is 32.0 Å². The molecule has 0 fully saturated rings. The molecule has 3 rings (SSSR count). The molecule has 1 N–H and O–H groups in total. The summed E-state index contributed by atoms with van der Waals surface area (Å²) in [6.45, 7) is 7.40. The normalized spacial score (nSPS) is 11.1. The lowest BCUT2D eigenvalue weighted by Crippen LogP contribution is -2.29. The SMILES string of the molecule is Cc1nn(C)c(C)c1NC(=O)COC(=O)c1nn(CC(C)C)c(=O)c2ccccc12. The minimum absolute atomic E-state index is 0.00684. The molecule has 0 unspecified atom stereocenters.